The number of ether oxygens (including phenoxy) is 4. The first-order valence-corrected chi connectivity index (χ1v) is 14.5. The largest absolute Gasteiger partial charge is 0.490 e. The summed E-state index contributed by atoms with van der Waals surface area (Å²) in [6.07, 6.45) is 8.13. The van der Waals surface area contributed by atoms with E-state index in [1.165, 1.54) is 59.9 Å². The summed E-state index contributed by atoms with van der Waals surface area (Å²) in [5, 5.41) is 0. The van der Waals surface area contributed by atoms with E-state index in [0.29, 0.717) is 25.4 Å². The van der Waals surface area contributed by atoms with Crippen molar-refractivity contribution in [3.05, 3.63) is 57.6 Å². The lowest BCUT2D eigenvalue weighted by molar-refractivity contribution is 0.232. The van der Waals surface area contributed by atoms with E-state index in [-0.39, 0.29) is 0 Å². The molecule has 37 heavy (non-hydrogen) atoms. The van der Waals surface area contributed by atoms with Crippen molar-refractivity contribution in [2.75, 3.05) is 26.4 Å². The molecule has 3 aliphatic carbocycles. The fourth-order valence-electron chi connectivity index (χ4n) is 7.95. The van der Waals surface area contributed by atoms with Crippen LogP contribution in [0.25, 0.3) is 0 Å². The van der Waals surface area contributed by atoms with Gasteiger partial charge in [-0.05, 0) is 118 Å². The summed E-state index contributed by atoms with van der Waals surface area (Å²) >= 11 is 0. The number of epoxide rings is 2. The summed E-state index contributed by atoms with van der Waals surface area (Å²) in [6, 6.07) is 9.14. The third-order valence-electron chi connectivity index (χ3n) is 9.58. The minimum absolute atomic E-state index is 0.329. The topological polar surface area (TPSA) is 43.5 Å². The summed E-state index contributed by atoms with van der Waals surface area (Å²) in [6.45, 7) is 13.8. The molecule has 2 aromatic rings. The van der Waals surface area contributed by atoms with Crippen molar-refractivity contribution < 1.29 is 18.9 Å². The second-order valence-electron chi connectivity index (χ2n) is 12.5. The van der Waals surface area contributed by atoms with Gasteiger partial charge in [0, 0.05) is 0 Å². The third-order valence-corrected chi connectivity index (χ3v) is 9.58. The van der Waals surface area contributed by atoms with Crippen LogP contribution in [0.3, 0.4) is 0 Å². The minimum Gasteiger partial charge on any atom is -0.490 e. The molecule has 2 aromatic carbocycles. The van der Waals surface area contributed by atoms with E-state index in [0.717, 1.165) is 54.3 Å². The van der Waals surface area contributed by atoms with Crippen molar-refractivity contribution in [2.24, 2.45) is 23.7 Å². The van der Waals surface area contributed by atoms with E-state index in [9.17, 15) is 0 Å². The van der Waals surface area contributed by atoms with Crippen molar-refractivity contribution in [2.45, 2.75) is 84.8 Å². The van der Waals surface area contributed by atoms with Gasteiger partial charge in [0.2, 0.25) is 0 Å². The van der Waals surface area contributed by atoms with Crippen LogP contribution in [0.5, 0.6) is 11.5 Å². The predicted molar refractivity (Wildman–Crippen MR) is 147 cm³/mol. The molecular formula is C33H44O4. The molecule has 4 heteroatoms. The summed E-state index contributed by atoms with van der Waals surface area (Å²) in [7, 11) is 0. The van der Waals surface area contributed by atoms with Crippen molar-refractivity contribution >= 4 is 0 Å². The lowest BCUT2D eigenvalue weighted by Crippen LogP contribution is -2.23. The Kier molecular flexibility index (Phi) is 7.00. The Morgan fingerprint density at radius 2 is 1.19 bits per heavy atom. The van der Waals surface area contributed by atoms with Gasteiger partial charge in [0.1, 0.15) is 36.9 Å². The average molecular weight is 505 g/mol. The van der Waals surface area contributed by atoms with Crippen LogP contribution >= 0.6 is 0 Å². The van der Waals surface area contributed by atoms with Crippen molar-refractivity contribution in [3.8, 4) is 11.5 Å². The van der Waals surface area contributed by atoms with Gasteiger partial charge >= 0.3 is 0 Å². The van der Waals surface area contributed by atoms with Gasteiger partial charge in [0.05, 0.1) is 13.2 Å². The van der Waals surface area contributed by atoms with Crippen LogP contribution in [0.15, 0.2) is 24.3 Å². The van der Waals surface area contributed by atoms with E-state index in [1.54, 1.807) is 5.56 Å². The number of rotatable bonds is 7. The Morgan fingerprint density at radius 1 is 0.676 bits per heavy atom. The minimum atomic E-state index is 0.329. The highest BCUT2D eigenvalue weighted by molar-refractivity contribution is 5.45. The standard InChI is InChI=1S/C21H28O2.C12H16O2/c1-12-6-14(7-13(2)21(12)23-11-16-10-22-16)19-8-15-9-20(19)18-5-3-4-17(15)18;1-8-4-9(2)12(10(3)5-8)14-7-11-6-13-11/h6-7,15-20H,3-5,8-11H2,1-2H3;4-5,11H,6-7H2,1-3H3. The molecule has 5 fully saturated rings. The lowest BCUT2D eigenvalue weighted by atomic mass is 9.73. The van der Waals surface area contributed by atoms with Gasteiger partial charge in [-0.1, -0.05) is 36.2 Å². The molecule has 2 saturated heterocycles. The Balaban J connectivity index is 0.000000155. The Morgan fingerprint density at radius 3 is 1.73 bits per heavy atom. The van der Waals surface area contributed by atoms with Gasteiger partial charge in [-0.3, -0.25) is 0 Å². The lowest BCUT2D eigenvalue weighted by Gasteiger charge is -2.32. The van der Waals surface area contributed by atoms with Gasteiger partial charge in [-0.2, -0.15) is 0 Å². The van der Waals surface area contributed by atoms with Gasteiger partial charge in [0.25, 0.3) is 0 Å². The summed E-state index contributed by atoms with van der Waals surface area (Å²) in [5.41, 5.74) is 7.92. The van der Waals surface area contributed by atoms with Crippen LogP contribution in [-0.4, -0.2) is 38.6 Å². The van der Waals surface area contributed by atoms with Crippen molar-refractivity contribution in [1.82, 2.24) is 0 Å². The van der Waals surface area contributed by atoms with E-state index in [4.69, 9.17) is 18.9 Å². The van der Waals surface area contributed by atoms with Gasteiger partial charge in [-0.15, -0.1) is 0 Å². The molecule has 0 aromatic heterocycles. The second kappa shape index (κ2) is 10.3. The van der Waals surface area contributed by atoms with E-state index in [2.05, 4.69) is 58.9 Å². The number of aryl methyl sites for hydroxylation is 5. The van der Waals surface area contributed by atoms with Crippen LogP contribution in [0.4, 0.5) is 0 Å². The Hall–Kier alpha value is -2.04. The molecule has 0 radical (unpaired) electrons. The van der Waals surface area contributed by atoms with Crippen LogP contribution < -0.4 is 9.47 Å². The summed E-state index contributed by atoms with van der Waals surface area (Å²) < 4.78 is 22.1. The smallest absolute Gasteiger partial charge is 0.125 e. The fraction of sp³-hybridized carbons (Fsp3) is 0.636. The molecule has 0 amide bonds. The zero-order chi connectivity index (χ0) is 25.7. The molecule has 7 atom stereocenters. The maximum absolute atomic E-state index is 6.02. The molecular weight excluding hydrogens is 460 g/mol. The van der Waals surface area contributed by atoms with Gasteiger partial charge < -0.3 is 18.9 Å². The van der Waals surface area contributed by atoms with E-state index < -0.39 is 0 Å². The predicted octanol–water partition coefficient (Wildman–Crippen LogP) is 7.01. The van der Waals surface area contributed by atoms with E-state index >= 15 is 0 Å². The van der Waals surface area contributed by atoms with Crippen molar-refractivity contribution in [1.29, 1.82) is 0 Å². The monoisotopic (exact) mass is 504 g/mol. The van der Waals surface area contributed by atoms with Gasteiger partial charge in [-0.25, -0.2) is 0 Å². The Bertz CT molecular complexity index is 1090. The summed E-state index contributed by atoms with van der Waals surface area (Å²) in [4.78, 5) is 0. The zero-order valence-corrected chi connectivity index (χ0v) is 23.3. The highest BCUT2D eigenvalue weighted by Gasteiger charge is 2.53. The average Bonchev–Trinajstić information content (AvgIpc) is 3.72. The maximum Gasteiger partial charge on any atom is 0.125 e. The first-order valence-electron chi connectivity index (χ1n) is 14.5. The highest BCUT2D eigenvalue weighted by Crippen LogP contribution is 2.63. The van der Waals surface area contributed by atoms with E-state index in [1.807, 2.05) is 0 Å². The number of hydrogen-bond donors (Lipinski definition) is 0. The first kappa shape index (κ1) is 25.2. The molecule has 5 aliphatic rings. The van der Waals surface area contributed by atoms with Crippen LogP contribution in [0.2, 0.25) is 0 Å². The molecule has 3 saturated carbocycles. The van der Waals surface area contributed by atoms with Crippen LogP contribution in [0, 0.1) is 58.3 Å². The third kappa shape index (κ3) is 5.43. The van der Waals surface area contributed by atoms with Crippen molar-refractivity contribution in [3.63, 3.8) is 0 Å². The highest BCUT2D eigenvalue weighted by atomic mass is 16.6. The quantitative estimate of drug-likeness (QED) is 0.380. The SMILES string of the molecule is Cc1cc(C)c(OCC2CO2)c(C)c1.Cc1cc(C2CC3CC2C2CCCC32)cc(C)c1OCC1CO1. The number of benzene rings is 2. The second-order valence-corrected chi connectivity index (χ2v) is 12.5. The molecule has 200 valence electrons. The summed E-state index contributed by atoms with van der Waals surface area (Å²) in [5.74, 6) is 7.05. The zero-order valence-electron chi connectivity index (χ0n) is 23.3. The molecule has 0 spiro atoms. The molecule has 2 heterocycles. The molecule has 7 rings (SSSR count). The fourth-order valence-corrected chi connectivity index (χ4v) is 7.95. The molecule has 7 unspecified atom stereocenters. The molecule has 4 nitrogen and oxygen atoms in total. The molecule has 0 N–H and O–H groups in total. The molecule has 2 bridgehead atoms. The first-order chi connectivity index (χ1) is 17.9. The number of hydrogen-bond acceptors (Lipinski definition) is 4. The number of fused-ring (bicyclic) bond motifs is 5. The molecule has 2 aliphatic heterocycles. The van der Waals surface area contributed by atoms with Gasteiger partial charge in [0.15, 0.2) is 0 Å². The van der Waals surface area contributed by atoms with Crippen LogP contribution in [0.1, 0.15) is 71.4 Å². The van der Waals surface area contributed by atoms with Crippen LogP contribution in [-0.2, 0) is 9.47 Å². The normalized spacial score (nSPS) is 32.5. The maximum atomic E-state index is 6.02. The Labute approximate surface area is 223 Å².